The summed E-state index contributed by atoms with van der Waals surface area (Å²) in [5.74, 6) is 0.597. The van der Waals surface area contributed by atoms with Gasteiger partial charge < -0.3 is 9.64 Å². The number of rotatable bonds is 1. The molecule has 2 nitrogen and oxygen atoms in total. The summed E-state index contributed by atoms with van der Waals surface area (Å²) < 4.78 is 22.3. The lowest BCUT2D eigenvalue weighted by molar-refractivity contribution is 0.167. The number of hydrogen-bond acceptors (Lipinski definition) is 2. The fraction of sp³-hybridized carbons (Fsp3) is 0.143. The van der Waals surface area contributed by atoms with Crippen LogP contribution in [0.2, 0.25) is 0 Å². The van der Waals surface area contributed by atoms with E-state index in [2.05, 4.69) is 55.0 Å². The summed E-state index contributed by atoms with van der Waals surface area (Å²) in [6.45, 7) is 0. The summed E-state index contributed by atoms with van der Waals surface area (Å²) in [7, 11) is 0. The predicted molar refractivity (Wildman–Crippen MR) is 107 cm³/mol. The van der Waals surface area contributed by atoms with Crippen molar-refractivity contribution in [1.82, 2.24) is 0 Å². The second-order valence-electron chi connectivity index (χ2n) is 6.61. The molecule has 0 radical (unpaired) electrons. The maximum atomic E-state index is 13.9. The van der Waals surface area contributed by atoms with Crippen LogP contribution in [-0.2, 0) is 6.42 Å². The Morgan fingerprint density at radius 2 is 1.77 bits per heavy atom. The van der Waals surface area contributed by atoms with Gasteiger partial charge in [-0.2, -0.15) is 0 Å². The molecule has 3 aromatic carbocycles. The molecule has 3 aromatic rings. The van der Waals surface area contributed by atoms with Crippen molar-refractivity contribution in [3.8, 4) is 5.75 Å². The summed E-state index contributed by atoms with van der Waals surface area (Å²) >= 11 is 7.10. The van der Waals surface area contributed by atoms with Crippen LogP contribution < -0.4 is 9.64 Å². The minimum absolute atomic E-state index is 0.171. The van der Waals surface area contributed by atoms with Gasteiger partial charge in [-0.3, -0.25) is 0 Å². The molecule has 0 unspecified atom stereocenters. The van der Waals surface area contributed by atoms with Gasteiger partial charge in [0.05, 0.1) is 6.04 Å². The Morgan fingerprint density at radius 3 is 2.62 bits per heavy atom. The minimum atomic E-state index is -0.361. The van der Waals surface area contributed by atoms with Crippen molar-refractivity contribution in [2.45, 2.75) is 18.7 Å². The van der Waals surface area contributed by atoms with Crippen molar-refractivity contribution in [3.05, 3.63) is 92.1 Å². The molecule has 2 aliphatic heterocycles. The molecule has 5 rings (SSSR count). The Hall–Kier alpha value is -1.85. The van der Waals surface area contributed by atoms with Crippen molar-refractivity contribution in [1.29, 1.82) is 0 Å². The smallest absolute Gasteiger partial charge is 0.199 e. The fourth-order valence-corrected chi connectivity index (χ4v) is 4.69. The highest BCUT2D eigenvalue weighted by Gasteiger charge is 2.42. The molecule has 26 heavy (non-hydrogen) atoms. The Balaban J connectivity index is 1.70. The van der Waals surface area contributed by atoms with Crippen LogP contribution in [0.25, 0.3) is 0 Å². The van der Waals surface area contributed by atoms with Crippen molar-refractivity contribution in [2.75, 3.05) is 4.90 Å². The van der Waals surface area contributed by atoms with Crippen molar-refractivity contribution >= 4 is 37.5 Å². The molecule has 0 N–H and O–H groups in total. The topological polar surface area (TPSA) is 12.5 Å². The lowest BCUT2D eigenvalue weighted by atomic mass is 9.99. The molecule has 0 saturated carbocycles. The zero-order valence-corrected chi connectivity index (χ0v) is 16.8. The van der Waals surface area contributed by atoms with Gasteiger partial charge in [-0.05, 0) is 54.4 Å². The van der Waals surface area contributed by atoms with E-state index in [0.29, 0.717) is 0 Å². The molecular weight excluding hydrogens is 461 g/mol. The van der Waals surface area contributed by atoms with Gasteiger partial charge in [0.1, 0.15) is 11.6 Å². The molecule has 0 aliphatic carbocycles. The zero-order valence-electron chi connectivity index (χ0n) is 13.6. The molecule has 2 atom stereocenters. The number of halogens is 3. The number of benzene rings is 3. The molecule has 0 bridgehead atoms. The normalized spacial score (nSPS) is 20.2. The molecule has 2 aliphatic rings. The van der Waals surface area contributed by atoms with Crippen LogP contribution in [0.3, 0.4) is 0 Å². The summed E-state index contributed by atoms with van der Waals surface area (Å²) in [5, 5.41) is 0. The maximum absolute atomic E-state index is 13.9. The summed E-state index contributed by atoms with van der Waals surface area (Å²) in [5.41, 5.74) is 4.38. The third-order valence-corrected chi connectivity index (χ3v) is 6.01. The molecule has 130 valence electrons. The van der Waals surface area contributed by atoms with E-state index in [1.807, 2.05) is 24.3 Å². The van der Waals surface area contributed by atoms with Crippen LogP contribution in [0, 0.1) is 5.82 Å². The van der Waals surface area contributed by atoms with Gasteiger partial charge in [-0.1, -0.05) is 50.1 Å². The van der Waals surface area contributed by atoms with E-state index >= 15 is 0 Å². The maximum Gasteiger partial charge on any atom is 0.199 e. The number of anilines is 1. The molecule has 0 amide bonds. The SMILES string of the molecule is Fc1cccc([C@@H]2Oc3cc(Br)ccc3[C@H]3Cc4cc(Br)ccc4N32)c1. The largest absolute Gasteiger partial charge is 0.466 e. The first-order valence-corrected chi connectivity index (χ1v) is 9.97. The molecule has 5 heteroatoms. The predicted octanol–water partition coefficient (Wildman–Crippen LogP) is 6.55. The van der Waals surface area contributed by atoms with Gasteiger partial charge in [0.15, 0.2) is 6.23 Å². The molecule has 0 spiro atoms. The monoisotopic (exact) mass is 473 g/mol. The Bertz CT molecular complexity index is 1020. The second kappa shape index (κ2) is 6.10. The average molecular weight is 475 g/mol. The van der Waals surface area contributed by atoms with E-state index in [-0.39, 0.29) is 18.1 Å². The van der Waals surface area contributed by atoms with Crippen molar-refractivity contribution in [2.24, 2.45) is 0 Å². The van der Waals surface area contributed by atoms with Crippen LogP contribution in [0.1, 0.15) is 29.0 Å². The second-order valence-corrected chi connectivity index (χ2v) is 8.44. The highest BCUT2D eigenvalue weighted by Crippen LogP contribution is 2.52. The van der Waals surface area contributed by atoms with Crippen LogP contribution in [-0.4, -0.2) is 0 Å². The third kappa shape index (κ3) is 2.57. The Morgan fingerprint density at radius 1 is 0.962 bits per heavy atom. The first-order valence-electron chi connectivity index (χ1n) is 8.38. The summed E-state index contributed by atoms with van der Waals surface area (Å²) in [4.78, 5) is 2.27. The third-order valence-electron chi connectivity index (χ3n) is 5.03. The number of fused-ring (bicyclic) bond motifs is 5. The lowest BCUT2D eigenvalue weighted by Crippen LogP contribution is -2.37. The number of ether oxygens (including phenoxy) is 1. The molecule has 0 saturated heterocycles. The molecular formula is C21H14Br2FNO. The van der Waals surface area contributed by atoms with Crippen LogP contribution in [0.5, 0.6) is 5.75 Å². The van der Waals surface area contributed by atoms with E-state index in [1.165, 1.54) is 11.6 Å². The van der Waals surface area contributed by atoms with E-state index < -0.39 is 0 Å². The molecule has 0 aromatic heterocycles. The average Bonchev–Trinajstić information content (AvgIpc) is 2.99. The van der Waals surface area contributed by atoms with Gasteiger partial charge in [0.25, 0.3) is 0 Å². The number of nitrogens with zero attached hydrogens (tertiary/aromatic N) is 1. The summed E-state index contributed by atoms with van der Waals surface area (Å²) in [6, 6.07) is 19.3. The van der Waals surface area contributed by atoms with Gasteiger partial charge in [0.2, 0.25) is 0 Å². The van der Waals surface area contributed by atoms with E-state index in [1.54, 1.807) is 12.1 Å². The highest BCUT2D eigenvalue weighted by atomic mass is 79.9. The van der Waals surface area contributed by atoms with E-state index in [9.17, 15) is 4.39 Å². The van der Waals surface area contributed by atoms with Gasteiger partial charge >= 0.3 is 0 Å². The van der Waals surface area contributed by atoms with Crippen molar-refractivity contribution in [3.63, 3.8) is 0 Å². The van der Waals surface area contributed by atoms with Crippen molar-refractivity contribution < 1.29 is 9.13 Å². The first kappa shape index (κ1) is 16.3. The van der Waals surface area contributed by atoms with Gasteiger partial charge in [-0.15, -0.1) is 0 Å². The molecule has 2 heterocycles. The minimum Gasteiger partial charge on any atom is -0.466 e. The fourth-order valence-electron chi connectivity index (χ4n) is 3.95. The highest BCUT2D eigenvalue weighted by molar-refractivity contribution is 9.10. The number of hydrogen-bond donors (Lipinski definition) is 0. The lowest BCUT2D eigenvalue weighted by Gasteiger charge is -2.41. The van der Waals surface area contributed by atoms with Crippen LogP contribution >= 0.6 is 31.9 Å². The summed E-state index contributed by atoms with van der Waals surface area (Å²) in [6.07, 6.45) is 0.540. The standard InChI is InChI=1S/C21H14Br2FNO/c22-14-5-7-18-13(8-14)10-19-17-6-4-15(23)11-20(17)26-21(25(18)19)12-2-1-3-16(24)9-12/h1-9,11,19,21H,10H2/t19-,21+/m1/s1. The van der Waals surface area contributed by atoms with Crippen LogP contribution in [0.15, 0.2) is 69.6 Å². The van der Waals surface area contributed by atoms with Gasteiger partial charge in [-0.25, -0.2) is 4.39 Å². The Labute approximate surface area is 167 Å². The van der Waals surface area contributed by atoms with Gasteiger partial charge in [0, 0.05) is 25.8 Å². The Kier molecular flexibility index (Phi) is 3.83. The quantitative estimate of drug-likeness (QED) is 0.396. The molecule has 0 fully saturated rings. The zero-order chi connectivity index (χ0) is 17.8. The van der Waals surface area contributed by atoms with E-state index in [4.69, 9.17) is 4.74 Å². The van der Waals surface area contributed by atoms with Crippen LogP contribution in [0.4, 0.5) is 10.1 Å². The van der Waals surface area contributed by atoms with E-state index in [0.717, 1.165) is 37.9 Å². The first-order chi connectivity index (χ1) is 12.6.